The molecule has 0 bridgehead atoms. The molecule has 0 aromatic heterocycles. The first kappa shape index (κ1) is 12.7. The first-order valence-corrected chi connectivity index (χ1v) is 5.16. The van der Waals surface area contributed by atoms with E-state index in [4.69, 9.17) is 5.73 Å². The minimum atomic E-state index is 0.638. The highest BCUT2D eigenvalue weighted by molar-refractivity contribution is 4.91. The highest BCUT2D eigenvalue weighted by Crippen LogP contribution is 2.03. The molecule has 0 aromatic rings. The number of hydrogen-bond donors (Lipinski definition) is 1. The Kier molecular flexibility index (Phi) is 6.92. The fourth-order valence-electron chi connectivity index (χ4n) is 1.25. The van der Waals surface area contributed by atoms with Gasteiger partial charge in [-0.25, -0.2) is 0 Å². The Labute approximate surface area is 82.8 Å². The van der Waals surface area contributed by atoms with Gasteiger partial charge in [0.2, 0.25) is 0 Å². The molecule has 0 aliphatic rings. The lowest BCUT2D eigenvalue weighted by Gasteiger charge is -2.21. The summed E-state index contributed by atoms with van der Waals surface area (Å²) in [7, 11) is 0. The summed E-state index contributed by atoms with van der Waals surface area (Å²) >= 11 is 0. The van der Waals surface area contributed by atoms with E-state index in [1.807, 2.05) is 0 Å². The molecule has 2 heteroatoms. The van der Waals surface area contributed by atoms with Crippen LogP contribution in [0.15, 0.2) is 12.2 Å². The summed E-state index contributed by atoms with van der Waals surface area (Å²) in [5, 5.41) is 0. The Morgan fingerprint density at radius 3 is 2.54 bits per heavy atom. The highest BCUT2D eigenvalue weighted by atomic mass is 15.1. The van der Waals surface area contributed by atoms with Gasteiger partial charge in [0.25, 0.3) is 0 Å². The van der Waals surface area contributed by atoms with Crippen LogP contribution >= 0.6 is 0 Å². The van der Waals surface area contributed by atoms with E-state index in [-0.39, 0.29) is 0 Å². The van der Waals surface area contributed by atoms with Crippen LogP contribution in [0, 0.1) is 5.92 Å². The first-order chi connectivity index (χ1) is 6.10. The van der Waals surface area contributed by atoms with Gasteiger partial charge < -0.3 is 5.73 Å². The summed E-state index contributed by atoms with van der Waals surface area (Å²) in [4.78, 5) is 2.41. The Balaban J connectivity index is 3.65. The fourth-order valence-corrected chi connectivity index (χ4v) is 1.25. The number of nitrogens with zero attached hydrogens (tertiary/aromatic N) is 1. The summed E-state index contributed by atoms with van der Waals surface area (Å²) in [6, 6.07) is 0. The van der Waals surface area contributed by atoms with Crippen LogP contribution < -0.4 is 5.73 Å². The van der Waals surface area contributed by atoms with Gasteiger partial charge in [0.05, 0.1) is 0 Å². The lowest BCUT2D eigenvalue weighted by molar-refractivity contribution is 0.288. The largest absolute Gasteiger partial charge is 0.330 e. The minimum Gasteiger partial charge on any atom is -0.330 e. The van der Waals surface area contributed by atoms with Crippen molar-refractivity contribution in [1.82, 2.24) is 4.90 Å². The molecule has 78 valence electrons. The minimum absolute atomic E-state index is 0.638. The molecule has 2 N–H and O–H groups in total. The van der Waals surface area contributed by atoms with E-state index in [9.17, 15) is 0 Å². The van der Waals surface area contributed by atoms with E-state index in [0.717, 1.165) is 26.2 Å². The summed E-state index contributed by atoms with van der Waals surface area (Å²) in [5.74, 6) is 0.638. The number of rotatable bonds is 7. The summed E-state index contributed by atoms with van der Waals surface area (Å²) in [6.07, 6.45) is 1.19. The SMILES string of the molecule is C=C(C)CN(CC)CCC(C)CN. The molecule has 0 spiro atoms. The molecule has 0 aliphatic heterocycles. The molecule has 13 heavy (non-hydrogen) atoms. The molecule has 0 saturated carbocycles. The van der Waals surface area contributed by atoms with Crippen molar-refractivity contribution < 1.29 is 0 Å². The molecule has 1 atom stereocenters. The van der Waals surface area contributed by atoms with Crippen molar-refractivity contribution >= 4 is 0 Å². The predicted molar refractivity (Wildman–Crippen MR) is 59.8 cm³/mol. The van der Waals surface area contributed by atoms with Gasteiger partial charge in [-0.05, 0) is 38.9 Å². The normalized spacial score (nSPS) is 13.3. The fraction of sp³-hybridized carbons (Fsp3) is 0.818. The van der Waals surface area contributed by atoms with E-state index in [1.54, 1.807) is 0 Å². The van der Waals surface area contributed by atoms with E-state index >= 15 is 0 Å². The van der Waals surface area contributed by atoms with Crippen LogP contribution in [0.2, 0.25) is 0 Å². The third kappa shape index (κ3) is 6.79. The third-order valence-electron chi connectivity index (χ3n) is 2.28. The summed E-state index contributed by atoms with van der Waals surface area (Å²) < 4.78 is 0. The van der Waals surface area contributed by atoms with Gasteiger partial charge in [-0.3, -0.25) is 4.90 Å². The van der Waals surface area contributed by atoms with E-state index in [2.05, 4.69) is 32.3 Å². The average Bonchev–Trinajstić information content (AvgIpc) is 2.10. The van der Waals surface area contributed by atoms with Gasteiger partial charge in [-0.2, -0.15) is 0 Å². The molecule has 0 aliphatic carbocycles. The molecule has 0 fully saturated rings. The van der Waals surface area contributed by atoms with Gasteiger partial charge in [-0.1, -0.05) is 26.0 Å². The third-order valence-corrected chi connectivity index (χ3v) is 2.28. The monoisotopic (exact) mass is 184 g/mol. The average molecular weight is 184 g/mol. The lowest BCUT2D eigenvalue weighted by Crippen LogP contribution is -2.28. The van der Waals surface area contributed by atoms with Crippen molar-refractivity contribution in [1.29, 1.82) is 0 Å². The second-order valence-corrected chi connectivity index (χ2v) is 3.96. The second-order valence-electron chi connectivity index (χ2n) is 3.96. The zero-order valence-electron chi connectivity index (χ0n) is 9.34. The lowest BCUT2D eigenvalue weighted by atomic mass is 10.1. The quantitative estimate of drug-likeness (QED) is 0.612. The smallest absolute Gasteiger partial charge is 0.0187 e. The van der Waals surface area contributed by atoms with Crippen LogP contribution in [-0.2, 0) is 0 Å². The molecule has 0 heterocycles. The maximum atomic E-state index is 5.56. The molecule has 0 amide bonds. The van der Waals surface area contributed by atoms with Gasteiger partial charge in [0.15, 0.2) is 0 Å². The molecular formula is C11H24N2. The zero-order valence-corrected chi connectivity index (χ0v) is 9.34. The Bertz CT molecular complexity index is 143. The Hall–Kier alpha value is -0.340. The Morgan fingerprint density at radius 1 is 1.54 bits per heavy atom. The molecule has 2 nitrogen and oxygen atoms in total. The van der Waals surface area contributed by atoms with Gasteiger partial charge in [0, 0.05) is 6.54 Å². The standard InChI is InChI=1S/C11H24N2/c1-5-13(9-10(2)3)7-6-11(4)8-12/h11H,2,5-9,12H2,1,3-4H3. The van der Waals surface area contributed by atoms with Crippen molar-refractivity contribution in [2.24, 2.45) is 11.7 Å². The number of nitrogens with two attached hydrogens (primary N) is 1. The van der Waals surface area contributed by atoms with Crippen LogP contribution in [0.5, 0.6) is 0 Å². The van der Waals surface area contributed by atoms with Crippen LogP contribution in [0.1, 0.15) is 27.2 Å². The molecule has 0 saturated heterocycles. The van der Waals surface area contributed by atoms with Gasteiger partial charge >= 0.3 is 0 Å². The molecule has 0 rings (SSSR count). The van der Waals surface area contributed by atoms with Crippen LogP contribution in [-0.4, -0.2) is 31.1 Å². The summed E-state index contributed by atoms with van der Waals surface area (Å²) in [6.45, 7) is 14.5. The molecule has 1 unspecified atom stereocenters. The topological polar surface area (TPSA) is 29.3 Å². The van der Waals surface area contributed by atoms with Crippen molar-refractivity contribution in [2.45, 2.75) is 27.2 Å². The van der Waals surface area contributed by atoms with Crippen molar-refractivity contribution in [3.05, 3.63) is 12.2 Å². The number of hydrogen-bond acceptors (Lipinski definition) is 2. The van der Waals surface area contributed by atoms with E-state index < -0.39 is 0 Å². The van der Waals surface area contributed by atoms with Crippen LogP contribution in [0.4, 0.5) is 0 Å². The first-order valence-electron chi connectivity index (χ1n) is 5.16. The van der Waals surface area contributed by atoms with Crippen LogP contribution in [0.3, 0.4) is 0 Å². The van der Waals surface area contributed by atoms with Gasteiger partial charge in [0.1, 0.15) is 0 Å². The summed E-state index contributed by atoms with van der Waals surface area (Å²) in [5.41, 5.74) is 6.80. The van der Waals surface area contributed by atoms with Gasteiger partial charge in [-0.15, -0.1) is 0 Å². The molecule has 0 aromatic carbocycles. The van der Waals surface area contributed by atoms with Crippen molar-refractivity contribution in [3.8, 4) is 0 Å². The highest BCUT2D eigenvalue weighted by Gasteiger charge is 2.04. The number of likely N-dealkylation sites (N-methyl/N-ethyl adjacent to an activating group) is 1. The van der Waals surface area contributed by atoms with E-state index in [0.29, 0.717) is 5.92 Å². The molecule has 0 radical (unpaired) electrons. The Morgan fingerprint density at radius 2 is 2.15 bits per heavy atom. The second kappa shape index (κ2) is 7.10. The predicted octanol–water partition coefficient (Wildman–Crippen LogP) is 1.87. The van der Waals surface area contributed by atoms with Crippen molar-refractivity contribution in [2.75, 3.05) is 26.2 Å². The van der Waals surface area contributed by atoms with Crippen LogP contribution in [0.25, 0.3) is 0 Å². The zero-order chi connectivity index (χ0) is 10.3. The maximum Gasteiger partial charge on any atom is 0.0187 e. The maximum absolute atomic E-state index is 5.56. The van der Waals surface area contributed by atoms with E-state index in [1.165, 1.54) is 12.0 Å². The van der Waals surface area contributed by atoms with Crippen molar-refractivity contribution in [3.63, 3.8) is 0 Å². The molecular weight excluding hydrogens is 160 g/mol.